The number of aliphatic imine (C=N–C) groups is 1. The van der Waals surface area contributed by atoms with E-state index >= 15 is 0 Å². The lowest BCUT2D eigenvalue weighted by Crippen LogP contribution is -2.45. The van der Waals surface area contributed by atoms with Gasteiger partial charge in [0.15, 0.2) is 5.96 Å². The van der Waals surface area contributed by atoms with Crippen molar-refractivity contribution in [3.63, 3.8) is 0 Å². The van der Waals surface area contributed by atoms with E-state index in [-0.39, 0.29) is 18.1 Å². The molecule has 1 aliphatic rings. The standard InChI is InChI=1S/C21H25BrFN3O/c1-14-11-18(27)7-9-20(14)25-21(26-10-4-3-5-15(26)2)24-13-16-12-17(22)6-8-19(16)23/h6-9,11-12,15,27H,3-5,10,13H2,1-2H3,(H,24,25). The van der Waals surface area contributed by atoms with Gasteiger partial charge in [0.05, 0.1) is 6.54 Å². The van der Waals surface area contributed by atoms with Gasteiger partial charge in [0, 0.05) is 28.3 Å². The van der Waals surface area contributed by atoms with Crippen molar-refractivity contribution in [2.24, 2.45) is 4.99 Å². The number of rotatable bonds is 3. The maximum Gasteiger partial charge on any atom is 0.199 e. The molecule has 4 nitrogen and oxygen atoms in total. The molecule has 3 rings (SSSR count). The van der Waals surface area contributed by atoms with Gasteiger partial charge in [-0.3, -0.25) is 0 Å². The molecule has 0 bridgehead atoms. The van der Waals surface area contributed by atoms with Crippen molar-refractivity contribution in [1.82, 2.24) is 4.90 Å². The van der Waals surface area contributed by atoms with Crippen molar-refractivity contribution < 1.29 is 9.50 Å². The number of aryl methyl sites for hydroxylation is 1. The summed E-state index contributed by atoms with van der Waals surface area (Å²) < 4.78 is 15.0. The highest BCUT2D eigenvalue weighted by atomic mass is 79.9. The molecule has 2 aromatic rings. The number of piperidine rings is 1. The second-order valence-electron chi connectivity index (χ2n) is 7.04. The molecule has 144 valence electrons. The number of anilines is 1. The number of guanidine groups is 1. The third-order valence-electron chi connectivity index (χ3n) is 4.94. The molecule has 2 aromatic carbocycles. The third-order valence-corrected chi connectivity index (χ3v) is 5.43. The predicted octanol–water partition coefficient (Wildman–Crippen LogP) is 5.44. The van der Waals surface area contributed by atoms with Crippen molar-refractivity contribution in [1.29, 1.82) is 0 Å². The van der Waals surface area contributed by atoms with Gasteiger partial charge in [-0.15, -0.1) is 0 Å². The van der Waals surface area contributed by atoms with Crippen LogP contribution >= 0.6 is 15.9 Å². The summed E-state index contributed by atoms with van der Waals surface area (Å²) in [5.74, 6) is 0.725. The lowest BCUT2D eigenvalue weighted by Gasteiger charge is -2.36. The van der Waals surface area contributed by atoms with Crippen LogP contribution in [0.15, 0.2) is 45.9 Å². The van der Waals surface area contributed by atoms with Crippen LogP contribution in [0.25, 0.3) is 0 Å². The van der Waals surface area contributed by atoms with Crippen LogP contribution in [-0.4, -0.2) is 28.6 Å². The van der Waals surface area contributed by atoms with E-state index in [2.05, 4.69) is 33.1 Å². The van der Waals surface area contributed by atoms with Gasteiger partial charge in [0.25, 0.3) is 0 Å². The summed E-state index contributed by atoms with van der Waals surface area (Å²) in [5.41, 5.74) is 2.37. The van der Waals surface area contributed by atoms with Crippen LogP contribution in [-0.2, 0) is 6.54 Å². The molecule has 1 atom stereocenters. The molecule has 0 spiro atoms. The number of likely N-dealkylation sites (tertiary alicyclic amines) is 1. The molecular formula is C21H25BrFN3O. The van der Waals surface area contributed by atoms with Crippen molar-refractivity contribution in [2.45, 2.75) is 45.7 Å². The average Bonchev–Trinajstić information content (AvgIpc) is 2.63. The van der Waals surface area contributed by atoms with Crippen LogP contribution in [0.2, 0.25) is 0 Å². The lowest BCUT2D eigenvalue weighted by molar-refractivity contribution is 0.257. The van der Waals surface area contributed by atoms with Gasteiger partial charge >= 0.3 is 0 Å². The van der Waals surface area contributed by atoms with Gasteiger partial charge in [-0.25, -0.2) is 9.38 Å². The van der Waals surface area contributed by atoms with E-state index in [1.807, 2.05) is 13.0 Å². The minimum absolute atomic E-state index is 0.235. The highest BCUT2D eigenvalue weighted by molar-refractivity contribution is 9.10. The normalized spacial score (nSPS) is 17.9. The summed E-state index contributed by atoms with van der Waals surface area (Å²) in [6, 6.07) is 10.5. The summed E-state index contributed by atoms with van der Waals surface area (Å²) in [7, 11) is 0. The van der Waals surface area contributed by atoms with Crippen molar-refractivity contribution in [2.75, 3.05) is 11.9 Å². The van der Waals surface area contributed by atoms with Gasteiger partial charge in [0.1, 0.15) is 11.6 Å². The highest BCUT2D eigenvalue weighted by Gasteiger charge is 2.22. The van der Waals surface area contributed by atoms with Gasteiger partial charge in [-0.2, -0.15) is 0 Å². The second kappa shape index (κ2) is 8.74. The summed E-state index contributed by atoms with van der Waals surface area (Å²) in [5, 5.41) is 13.1. The van der Waals surface area contributed by atoms with E-state index in [4.69, 9.17) is 4.99 Å². The molecular weight excluding hydrogens is 409 g/mol. The van der Waals surface area contributed by atoms with Gasteiger partial charge in [0.2, 0.25) is 0 Å². The summed E-state index contributed by atoms with van der Waals surface area (Å²) in [4.78, 5) is 6.99. The Labute approximate surface area is 168 Å². The molecule has 0 aliphatic carbocycles. The van der Waals surface area contributed by atoms with Crippen LogP contribution < -0.4 is 5.32 Å². The van der Waals surface area contributed by atoms with E-state index in [0.717, 1.165) is 41.1 Å². The summed E-state index contributed by atoms with van der Waals surface area (Å²) in [6.45, 7) is 5.31. The monoisotopic (exact) mass is 433 g/mol. The minimum atomic E-state index is -0.256. The molecule has 0 saturated carbocycles. The van der Waals surface area contributed by atoms with Crippen LogP contribution in [0.5, 0.6) is 5.75 Å². The number of benzene rings is 2. The molecule has 2 N–H and O–H groups in total. The zero-order valence-electron chi connectivity index (χ0n) is 15.7. The Kier molecular flexibility index (Phi) is 6.37. The summed E-state index contributed by atoms with van der Waals surface area (Å²) in [6.07, 6.45) is 3.44. The number of aromatic hydroxyl groups is 1. The van der Waals surface area contributed by atoms with Gasteiger partial charge in [-0.05, 0) is 75.1 Å². The fraction of sp³-hybridized carbons (Fsp3) is 0.381. The fourth-order valence-corrected chi connectivity index (χ4v) is 3.76. The van der Waals surface area contributed by atoms with E-state index < -0.39 is 0 Å². The number of nitrogens with zero attached hydrogens (tertiary/aromatic N) is 2. The molecule has 0 amide bonds. The molecule has 1 heterocycles. The fourth-order valence-electron chi connectivity index (χ4n) is 3.35. The quantitative estimate of drug-likeness (QED) is 0.384. The Morgan fingerprint density at radius 3 is 2.85 bits per heavy atom. The van der Waals surface area contributed by atoms with E-state index in [1.54, 1.807) is 24.3 Å². The van der Waals surface area contributed by atoms with Crippen molar-refractivity contribution in [3.05, 3.63) is 57.8 Å². The number of nitrogens with one attached hydrogen (secondary N) is 1. The first kappa shape index (κ1) is 19.7. The van der Waals surface area contributed by atoms with E-state index in [9.17, 15) is 9.50 Å². The first-order valence-corrected chi connectivity index (χ1v) is 10.0. The predicted molar refractivity (Wildman–Crippen MR) is 112 cm³/mol. The molecule has 6 heteroatoms. The molecule has 1 aliphatic heterocycles. The second-order valence-corrected chi connectivity index (χ2v) is 7.95. The van der Waals surface area contributed by atoms with Gasteiger partial charge < -0.3 is 15.3 Å². The Morgan fingerprint density at radius 1 is 1.30 bits per heavy atom. The molecule has 1 unspecified atom stereocenters. The summed E-state index contributed by atoms with van der Waals surface area (Å²) >= 11 is 3.39. The molecule has 27 heavy (non-hydrogen) atoms. The van der Waals surface area contributed by atoms with E-state index in [1.165, 1.54) is 12.5 Å². The Bertz CT molecular complexity index is 840. The maximum absolute atomic E-state index is 14.1. The Balaban J connectivity index is 1.90. The Hall–Kier alpha value is -2.08. The first-order chi connectivity index (χ1) is 12.9. The first-order valence-electron chi connectivity index (χ1n) is 9.25. The lowest BCUT2D eigenvalue weighted by atomic mass is 10.0. The third kappa shape index (κ3) is 5.01. The number of phenols is 1. The zero-order valence-corrected chi connectivity index (χ0v) is 17.3. The minimum Gasteiger partial charge on any atom is -0.508 e. The molecule has 1 saturated heterocycles. The molecule has 0 radical (unpaired) electrons. The zero-order chi connectivity index (χ0) is 19.4. The van der Waals surface area contributed by atoms with Gasteiger partial charge in [-0.1, -0.05) is 15.9 Å². The van der Waals surface area contributed by atoms with Crippen molar-refractivity contribution >= 4 is 27.6 Å². The highest BCUT2D eigenvalue weighted by Crippen LogP contribution is 2.23. The SMILES string of the molecule is Cc1cc(O)ccc1NC(=NCc1cc(Br)ccc1F)N1CCCCC1C. The van der Waals surface area contributed by atoms with Crippen LogP contribution in [0, 0.1) is 12.7 Å². The Morgan fingerprint density at radius 2 is 2.11 bits per heavy atom. The van der Waals surface area contributed by atoms with Crippen LogP contribution in [0.1, 0.15) is 37.3 Å². The van der Waals surface area contributed by atoms with Crippen LogP contribution in [0.4, 0.5) is 10.1 Å². The number of hydrogen-bond donors (Lipinski definition) is 2. The number of phenolic OH excluding ortho intramolecular Hbond substituents is 1. The van der Waals surface area contributed by atoms with Crippen LogP contribution in [0.3, 0.4) is 0 Å². The topological polar surface area (TPSA) is 47.9 Å². The largest absolute Gasteiger partial charge is 0.508 e. The number of halogens is 2. The molecule has 0 aromatic heterocycles. The molecule has 1 fully saturated rings. The maximum atomic E-state index is 14.1. The van der Waals surface area contributed by atoms with Crippen molar-refractivity contribution in [3.8, 4) is 5.75 Å². The number of hydrogen-bond acceptors (Lipinski definition) is 2. The average molecular weight is 434 g/mol. The van der Waals surface area contributed by atoms with E-state index in [0.29, 0.717) is 11.6 Å². The smallest absolute Gasteiger partial charge is 0.199 e.